The number of benzene rings is 2. The van der Waals surface area contributed by atoms with E-state index in [4.69, 9.17) is 4.74 Å². The lowest BCUT2D eigenvalue weighted by molar-refractivity contribution is 0.102. The molecule has 6 nitrogen and oxygen atoms in total. The fraction of sp³-hybridized carbons (Fsp3) is 0.227. The maximum atomic E-state index is 12.8. The first kappa shape index (κ1) is 19.4. The molecule has 0 unspecified atom stereocenters. The fourth-order valence-electron chi connectivity index (χ4n) is 2.85. The van der Waals surface area contributed by atoms with Crippen LogP contribution >= 0.6 is 0 Å². The van der Waals surface area contributed by atoms with Crippen molar-refractivity contribution in [1.29, 1.82) is 0 Å². The number of nitrogens with one attached hydrogen (secondary N) is 2. The third-order valence-corrected chi connectivity index (χ3v) is 4.17. The molecule has 1 aromatic heterocycles. The van der Waals surface area contributed by atoms with Gasteiger partial charge in [0, 0.05) is 11.4 Å². The van der Waals surface area contributed by atoms with E-state index in [1.807, 2.05) is 50.2 Å². The minimum atomic E-state index is -0.315. The Morgan fingerprint density at radius 3 is 2.46 bits per heavy atom. The zero-order chi connectivity index (χ0) is 19.9. The average molecular weight is 376 g/mol. The van der Waals surface area contributed by atoms with Crippen LogP contribution in [0, 0.1) is 6.92 Å². The topological polar surface area (TPSA) is 76.1 Å². The summed E-state index contributed by atoms with van der Waals surface area (Å²) in [7, 11) is 0. The van der Waals surface area contributed by atoms with Gasteiger partial charge in [0.05, 0.1) is 12.3 Å². The highest BCUT2D eigenvalue weighted by atomic mass is 16.5. The molecule has 0 fully saturated rings. The van der Waals surface area contributed by atoms with Crippen LogP contribution < -0.4 is 15.4 Å². The number of hydrogen-bond acceptors (Lipinski definition) is 5. The molecule has 0 saturated carbocycles. The third-order valence-electron chi connectivity index (χ3n) is 4.17. The van der Waals surface area contributed by atoms with Gasteiger partial charge in [-0.05, 0) is 50.1 Å². The van der Waals surface area contributed by atoms with Gasteiger partial charge in [0.1, 0.15) is 11.4 Å². The van der Waals surface area contributed by atoms with Crippen molar-refractivity contribution in [1.82, 2.24) is 9.97 Å². The first-order chi connectivity index (χ1) is 13.6. The smallest absolute Gasteiger partial charge is 0.274 e. The first-order valence-corrected chi connectivity index (χ1v) is 9.34. The molecule has 1 heterocycles. The Balaban J connectivity index is 1.84. The van der Waals surface area contributed by atoms with E-state index in [1.165, 1.54) is 0 Å². The summed E-state index contributed by atoms with van der Waals surface area (Å²) in [6.45, 7) is 6.35. The van der Waals surface area contributed by atoms with E-state index in [1.54, 1.807) is 12.1 Å². The normalized spacial score (nSPS) is 10.4. The summed E-state index contributed by atoms with van der Waals surface area (Å²) in [5.74, 6) is 0.702. The monoisotopic (exact) mass is 376 g/mol. The summed E-state index contributed by atoms with van der Waals surface area (Å²) in [5, 5.41) is 6.10. The Morgan fingerprint density at radius 2 is 1.71 bits per heavy atom. The maximum Gasteiger partial charge on any atom is 0.274 e. The maximum absolute atomic E-state index is 12.8. The van der Waals surface area contributed by atoms with Gasteiger partial charge in [-0.3, -0.25) is 4.79 Å². The van der Waals surface area contributed by atoms with Crippen molar-refractivity contribution in [2.75, 3.05) is 17.2 Å². The van der Waals surface area contributed by atoms with Gasteiger partial charge >= 0.3 is 0 Å². The number of rotatable bonds is 7. The summed E-state index contributed by atoms with van der Waals surface area (Å²) >= 11 is 0. The van der Waals surface area contributed by atoms with Crippen LogP contribution in [0.15, 0.2) is 54.6 Å². The highest BCUT2D eigenvalue weighted by molar-refractivity contribution is 6.03. The van der Waals surface area contributed by atoms with Gasteiger partial charge in [0.15, 0.2) is 0 Å². The molecule has 0 bridgehead atoms. The fourth-order valence-corrected chi connectivity index (χ4v) is 2.85. The zero-order valence-corrected chi connectivity index (χ0v) is 16.3. The molecule has 3 aromatic rings. The summed E-state index contributed by atoms with van der Waals surface area (Å²) in [6.07, 6.45) is 0.885. The second-order valence-electron chi connectivity index (χ2n) is 6.24. The number of amides is 1. The van der Waals surface area contributed by atoms with Crippen molar-refractivity contribution in [3.8, 4) is 5.75 Å². The number of carbonyl (C=O) groups excluding carboxylic acids is 1. The van der Waals surface area contributed by atoms with Crippen molar-refractivity contribution in [2.24, 2.45) is 0 Å². The Bertz CT molecular complexity index is 972. The molecule has 1 amide bonds. The Labute approximate surface area is 165 Å². The summed E-state index contributed by atoms with van der Waals surface area (Å²) < 4.78 is 5.57. The third kappa shape index (κ3) is 4.65. The summed E-state index contributed by atoms with van der Waals surface area (Å²) in [4.78, 5) is 21.6. The Hall–Kier alpha value is -3.41. The van der Waals surface area contributed by atoms with Gasteiger partial charge < -0.3 is 15.4 Å². The number of anilines is 3. The van der Waals surface area contributed by atoms with Crippen LogP contribution in [0.3, 0.4) is 0 Å². The number of aryl methyl sites for hydroxylation is 2. The standard InChI is InChI=1S/C22H24N4O2/c1-4-16-10-6-7-11-17(16)25-22-23-15(3)14-19(26-22)21(27)24-18-12-8-9-13-20(18)28-5-2/h6-14H,4-5H2,1-3H3,(H,24,27)(H,23,25,26). The molecule has 2 aromatic carbocycles. The predicted octanol–water partition coefficient (Wildman–Crippen LogP) is 4.74. The Kier molecular flexibility index (Phi) is 6.22. The molecular formula is C22H24N4O2. The number of carbonyl (C=O) groups is 1. The van der Waals surface area contributed by atoms with E-state index in [9.17, 15) is 4.79 Å². The molecule has 0 saturated heterocycles. The van der Waals surface area contributed by atoms with Crippen LogP contribution in [-0.2, 0) is 6.42 Å². The van der Waals surface area contributed by atoms with E-state index >= 15 is 0 Å². The van der Waals surface area contributed by atoms with Crippen molar-refractivity contribution >= 4 is 23.2 Å². The molecule has 0 atom stereocenters. The van der Waals surface area contributed by atoms with Crippen LogP contribution in [0.2, 0.25) is 0 Å². The molecule has 3 rings (SSSR count). The Morgan fingerprint density at radius 1 is 1.00 bits per heavy atom. The first-order valence-electron chi connectivity index (χ1n) is 9.34. The second kappa shape index (κ2) is 8.99. The lowest BCUT2D eigenvalue weighted by Crippen LogP contribution is -2.16. The molecule has 28 heavy (non-hydrogen) atoms. The van der Waals surface area contributed by atoms with Gasteiger partial charge in [-0.15, -0.1) is 0 Å². The van der Waals surface area contributed by atoms with Gasteiger partial charge in [0.25, 0.3) is 5.91 Å². The number of aromatic nitrogens is 2. The van der Waals surface area contributed by atoms with Gasteiger partial charge in [0.2, 0.25) is 5.95 Å². The zero-order valence-electron chi connectivity index (χ0n) is 16.3. The largest absolute Gasteiger partial charge is 0.492 e. The van der Waals surface area contributed by atoms with Gasteiger partial charge in [-0.1, -0.05) is 37.3 Å². The predicted molar refractivity (Wildman–Crippen MR) is 111 cm³/mol. The van der Waals surface area contributed by atoms with Crippen molar-refractivity contribution < 1.29 is 9.53 Å². The van der Waals surface area contributed by atoms with E-state index in [2.05, 4.69) is 33.6 Å². The van der Waals surface area contributed by atoms with Crippen LogP contribution in [0.4, 0.5) is 17.3 Å². The number of para-hydroxylation sites is 3. The highest BCUT2D eigenvalue weighted by Crippen LogP contribution is 2.24. The molecule has 0 aliphatic heterocycles. The molecular weight excluding hydrogens is 352 g/mol. The van der Waals surface area contributed by atoms with Crippen molar-refractivity contribution in [3.05, 3.63) is 71.5 Å². The minimum Gasteiger partial charge on any atom is -0.492 e. The van der Waals surface area contributed by atoms with Gasteiger partial charge in [-0.2, -0.15) is 0 Å². The molecule has 6 heteroatoms. The number of ether oxygens (including phenoxy) is 1. The molecule has 0 spiro atoms. The number of nitrogens with zero attached hydrogens (tertiary/aromatic N) is 2. The minimum absolute atomic E-state index is 0.287. The average Bonchev–Trinajstić information content (AvgIpc) is 2.69. The molecule has 2 N–H and O–H groups in total. The van der Waals surface area contributed by atoms with E-state index < -0.39 is 0 Å². The quantitative estimate of drug-likeness (QED) is 0.623. The molecule has 144 valence electrons. The lowest BCUT2D eigenvalue weighted by Gasteiger charge is -2.13. The molecule has 0 aliphatic carbocycles. The van der Waals surface area contributed by atoms with Crippen molar-refractivity contribution in [3.63, 3.8) is 0 Å². The molecule has 0 aliphatic rings. The van der Waals surface area contributed by atoms with Crippen LogP contribution in [0.1, 0.15) is 35.6 Å². The van der Waals surface area contributed by atoms with Crippen LogP contribution in [0.25, 0.3) is 0 Å². The van der Waals surface area contributed by atoms with E-state index in [0.717, 1.165) is 17.7 Å². The lowest BCUT2D eigenvalue weighted by atomic mass is 10.1. The molecule has 0 radical (unpaired) electrons. The number of hydrogen-bond donors (Lipinski definition) is 2. The van der Waals surface area contributed by atoms with Crippen LogP contribution in [-0.4, -0.2) is 22.5 Å². The summed E-state index contributed by atoms with van der Waals surface area (Å²) in [5.41, 5.74) is 3.69. The van der Waals surface area contributed by atoms with E-state index in [0.29, 0.717) is 29.7 Å². The second-order valence-corrected chi connectivity index (χ2v) is 6.24. The van der Waals surface area contributed by atoms with E-state index in [-0.39, 0.29) is 11.6 Å². The highest BCUT2D eigenvalue weighted by Gasteiger charge is 2.14. The van der Waals surface area contributed by atoms with Crippen molar-refractivity contribution in [2.45, 2.75) is 27.2 Å². The SMILES string of the molecule is CCOc1ccccc1NC(=O)c1cc(C)nc(Nc2ccccc2CC)n1. The summed E-state index contributed by atoms with van der Waals surface area (Å²) in [6, 6.07) is 17.0. The van der Waals surface area contributed by atoms with Crippen LogP contribution in [0.5, 0.6) is 5.75 Å². The van der Waals surface area contributed by atoms with Gasteiger partial charge in [-0.25, -0.2) is 9.97 Å².